The number of piperidine rings is 1. The van der Waals surface area contributed by atoms with Gasteiger partial charge in [0.15, 0.2) is 0 Å². The molecule has 1 amide bonds. The molecule has 5 nitrogen and oxygen atoms in total. The second-order valence-corrected chi connectivity index (χ2v) is 6.45. The molecule has 20 heavy (non-hydrogen) atoms. The molecule has 1 rings (SSSR count). The van der Waals surface area contributed by atoms with Crippen LogP contribution in [0.1, 0.15) is 33.6 Å². The predicted molar refractivity (Wildman–Crippen MR) is 81.6 cm³/mol. The van der Waals surface area contributed by atoms with Gasteiger partial charge >= 0.3 is 0 Å². The maximum Gasteiger partial charge on any atom is 0.234 e. The van der Waals surface area contributed by atoms with E-state index in [-0.39, 0.29) is 5.91 Å². The Morgan fingerprint density at radius 1 is 1.40 bits per heavy atom. The Bertz CT molecular complexity index is 289. The topological polar surface area (TPSA) is 55.8 Å². The van der Waals surface area contributed by atoms with Gasteiger partial charge in [-0.2, -0.15) is 0 Å². The fraction of sp³-hybridized carbons (Fsp3) is 0.933. The maximum absolute atomic E-state index is 11.7. The van der Waals surface area contributed by atoms with E-state index in [2.05, 4.69) is 31.0 Å². The number of likely N-dealkylation sites (tertiary alicyclic amines) is 1. The van der Waals surface area contributed by atoms with Crippen LogP contribution in [0.4, 0.5) is 0 Å². The summed E-state index contributed by atoms with van der Waals surface area (Å²) in [6.07, 6.45) is 1.94. The van der Waals surface area contributed by atoms with Gasteiger partial charge in [-0.25, -0.2) is 0 Å². The summed E-state index contributed by atoms with van der Waals surface area (Å²) >= 11 is 0. The molecule has 1 saturated heterocycles. The van der Waals surface area contributed by atoms with Crippen LogP contribution in [0.3, 0.4) is 0 Å². The summed E-state index contributed by atoms with van der Waals surface area (Å²) < 4.78 is 0. The second kappa shape index (κ2) is 8.60. The van der Waals surface area contributed by atoms with E-state index in [0.29, 0.717) is 25.7 Å². The van der Waals surface area contributed by atoms with Gasteiger partial charge in [0, 0.05) is 19.1 Å². The third-order valence-corrected chi connectivity index (χ3v) is 4.15. The minimum atomic E-state index is -0.475. The zero-order chi connectivity index (χ0) is 15.1. The van der Waals surface area contributed by atoms with E-state index in [4.69, 9.17) is 0 Å². The van der Waals surface area contributed by atoms with Crippen molar-refractivity contribution >= 4 is 5.91 Å². The van der Waals surface area contributed by atoms with Crippen LogP contribution in [-0.4, -0.2) is 72.7 Å². The van der Waals surface area contributed by atoms with Crippen molar-refractivity contribution in [1.82, 2.24) is 15.1 Å². The number of β-amino-alcohol motifs (C(OH)–C–C–N with tert-alkyl or cyclic N) is 1. The van der Waals surface area contributed by atoms with Crippen LogP contribution in [0, 0.1) is 5.92 Å². The average molecular weight is 285 g/mol. The van der Waals surface area contributed by atoms with Gasteiger partial charge in [0.25, 0.3) is 0 Å². The number of carbonyl (C=O) groups is 1. The minimum Gasteiger partial charge on any atom is -0.390 e. The third kappa shape index (κ3) is 6.68. The summed E-state index contributed by atoms with van der Waals surface area (Å²) in [6, 6.07) is 0.348. The summed E-state index contributed by atoms with van der Waals surface area (Å²) in [7, 11) is 1.93. The van der Waals surface area contributed by atoms with E-state index in [1.54, 1.807) is 0 Å². The zero-order valence-corrected chi connectivity index (χ0v) is 13.4. The molecule has 0 aliphatic carbocycles. The maximum atomic E-state index is 11.7. The summed E-state index contributed by atoms with van der Waals surface area (Å²) in [5.74, 6) is 0.780. The molecule has 1 aliphatic rings. The van der Waals surface area contributed by atoms with E-state index in [1.807, 2.05) is 11.9 Å². The van der Waals surface area contributed by atoms with Crippen molar-refractivity contribution in [3.05, 3.63) is 0 Å². The fourth-order valence-electron chi connectivity index (χ4n) is 2.30. The van der Waals surface area contributed by atoms with E-state index in [0.717, 1.165) is 19.0 Å². The highest BCUT2D eigenvalue weighted by Gasteiger charge is 2.18. The monoisotopic (exact) mass is 285 g/mol. The van der Waals surface area contributed by atoms with Crippen LogP contribution < -0.4 is 5.32 Å². The molecule has 1 fully saturated rings. The third-order valence-electron chi connectivity index (χ3n) is 4.15. The van der Waals surface area contributed by atoms with Crippen molar-refractivity contribution in [3.8, 4) is 0 Å². The van der Waals surface area contributed by atoms with E-state index >= 15 is 0 Å². The van der Waals surface area contributed by atoms with Crippen LogP contribution in [0.25, 0.3) is 0 Å². The molecule has 0 aromatic rings. The Balaban J connectivity index is 2.16. The van der Waals surface area contributed by atoms with E-state index in [9.17, 15) is 9.90 Å². The highest BCUT2D eigenvalue weighted by atomic mass is 16.3. The van der Waals surface area contributed by atoms with Gasteiger partial charge in [0.2, 0.25) is 5.91 Å². The summed E-state index contributed by atoms with van der Waals surface area (Å²) in [4.78, 5) is 16.0. The number of hydrogen-bond acceptors (Lipinski definition) is 4. The van der Waals surface area contributed by atoms with Gasteiger partial charge in [-0.3, -0.25) is 9.69 Å². The lowest BCUT2D eigenvalue weighted by Crippen LogP contribution is -2.45. The molecule has 2 N–H and O–H groups in total. The number of likely N-dealkylation sites (N-methyl/N-ethyl adjacent to an activating group) is 1. The Kier molecular flexibility index (Phi) is 7.48. The minimum absolute atomic E-state index is 0.0208. The number of nitrogens with zero attached hydrogens (tertiary/aromatic N) is 2. The molecule has 1 unspecified atom stereocenters. The second-order valence-electron chi connectivity index (χ2n) is 6.45. The van der Waals surface area contributed by atoms with Crippen LogP contribution >= 0.6 is 0 Å². The largest absolute Gasteiger partial charge is 0.390 e. The standard InChI is InChI=1S/C15H31N3O2/c1-12(2)17(4)11-15(20)16-9-14(19)10-18-7-5-13(3)6-8-18/h12-14,19H,5-11H2,1-4H3,(H,16,20). The van der Waals surface area contributed by atoms with Crippen LogP contribution in [0.15, 0.2) is 0 Å². The molecular weight excluding hydrogens is 254 g/mol. The number of hydrogen-bond donors (Lipinski definition) is 2. The fourth-order valence-corrected chi connectivity index (χ4v) is 2.30. The smallest absolute Gasteiger partial charge is 0.234 e. The lowest BCUT2D eigenvalue weighted by Gasteiger charge is -2.31. The van der Waals surface area contributed by atoms with E-state index in [1.165, 1.54) is 12.8 Å². The highest BCUT2D eigenvalue weighted by molar-refractivity contribution is 5.78. The Hall–Kier alpha value is -0.650. The van der Waals surface area contributed by atoms with Crippen LogP contribution in [0.2, 0.25) is 0 Å². The average Bonchev–Trinajstić information content (AvgIpc) is 2.39. The van der Waals surface area contributed by atoms with Crippen molar-refractivity contribution in [3.63, 3.8) is 0 Å². The normalized spacial score (nSPS) is 19.6. The number of carbonyl (C=O) groups excluding carboxylic acids is 1. The van der Waals surface area contributed by atoms with Gasteiger partial charge in [-0.1, -0.05) is 6.92 Å². The predicted octanol–water partition coefficient (Wildman–Crippen LogP) is 0.536. The van der Waals surface area contributed by atoms with Crippen molar-refractivity contribution in [2.75, 3.05) is 39.8 Å². The molecule has 1 aliphatic heterocycles. The highest BCUT2D eigenvalue weighted by Crippen LogP contribution is 2.15. The van der Waals surface area contributed by atoms with Crippen molar-refractivity contribution < 1.29 is 9.90 Å². The van der Waals surface area contributed by atoms with Gasteiger partial charge in [0.1, 0.15) is 0 Å². The Morgan fingerprint density at radius 3 is 2.55 bits per heavy atom. The number of rotatable bonds is 7. The summed E-state index contributed by atoms with van der Waals surface area (Å²) in [6.45, 7) is 9.89. The van der Waals surface area contributed by atoms with Gasteiger partial charge in [-0.15, -0.1) is 0 Å². The first kappa shape index (κ1) is 17.4. The first-order valence-electron chi connectivity index (χ1n) is 7.75. The van der Waals surface area contributed by atoms with Crippen LogP contribution in [-0.2, 0) is 4.79 Å². The molecule has 0 aromatic heterocycles. The molecule has 118 valence electrons. The summed E-state index contributed by atoms with van der Waals surface area (Å²) in [5, 5.41) is 12.8. The molecule has 1 heterocycles. The lowest BCUT2D eigenvalue weighted by atomic mass is 9.99. The number of aliphatic hydroxyl groups is 1. The summed E-state index contributed by atoms with van der Waals surface area (Å²) in [5.41, 5.74) is 0. The molecule has 0 bridgehead atoms. The molecule has 0 aromatic carbocycles. The molecule has 5 heteroatoms. The van der Waals surface area contributed by atoms with Crippen molar-refractivity contribution in [2.45, 2.75) is 45.8 Å². The Morgan fingerprint density at radius 2 is 2.00 bits per heavy atom. The van der Waals surface area contributed by atoms with Gasteiger partial charge < -0.3 is 15.3 Å². The quantitative estimate of drug-likeness (QED) is 0.717. The zero-order valence-electron chi connectivity index (χ0n) is 13.4. The SMILES string of the molecule is CC1CCN(CC(O)CNC(=O)CN(C)C(C)C)CC1. The molecule has 0 spiro atoms. The van der Waals surface area contributed by atoms with Crippen molar-refractivity contribution in [2.24, 2.45) is 5.92 Å². The van der Waals surface area contributed by atoms with E-state index < -0.39 is 6.10 Å². The first-order valence-corrected chi connectivity index (χ1v) is 7.75. The molecule has 0 radical (unpaired) electrons. The number of amides is 1. The molecule has 0 saturated carbocycles. The van der Waals surface area contributed by atoms with Gasteiger partial charge in [-0.05, 0) is 52.7 Å². The van der Waals surface area contributed by atoms with Crippen LogP contribution in [0.5, 0.6) is 0 Å². The molecule has 1 atom stereocenters. The number of aliphatic hydroxyl groups excluding tert-OH is 1. The lowest BCUT2D eigenvalue weighted by molar-refractivity contribution is -0.122. The number of nitrogens with one attached hydrogen (secondary N) is 1. The van der Waals surface area contributed by atoms with Gasteiger partial charge in [0.05, 0.1) is 12.6 Å². The first-order chi connectivity index (χ1) is 9.38. The molecular formula is C15H31N3O2. The Labute approximate surface area is 123 Å². The van der Waals surface area contributed by atoms with Crippen molar-refractivity contribution in [1.29, 1.82) is 0 Å².